The number of ether oxygens (including phenoxy) is 1. The Morgan fingerprint density at radius 1 is 1.40 bits per heavy atom. The maximum absolute atomic E-state index is 11.8. The second-order valence-corrected chi connectivity index (χ2v) is 4.79. The molecule has 6 heteroatoms. The predicted octanol–water partition coefficient (Wildman–Crippen LogP) is 1.00. The van der Waals surface area contributed by atoms with Crippen molar-refractivity contribution in [2.75, 3.05) is 20.2 Å². The molecular weight excluding hydrogens is 324 g/mol. The Morgan fingerprint density at radius 3 is 2.60 bits per heavy atom. The summed E-state index contributed by atoms with van der Waals surface area (Å²) in [5, 5.41) is 5.35. The topological polar surface area (TPSA) is 67.4 Å². The number of esters is 1. The lowest BCUT2D eigenvalue weighted by atomic mass is 10.1. The molecule has 0 fully saturated rings. The lowest BCUT2D eigenvalue weighted by Crippen LogP contribution is -2.38. The van der Waals surface area contributed by atoms with Gasteiger partial charge in [0.15, 0.2) is 0 Å². The Bertz CT molecular complexity index is 508. The van der Waals surface area contributed by atoms with Crippen LogP contribution in [0.2, 0.25) is 0 Å². The van der Waals surface area contributed by atoms with Gasteiger partial charge in [-0.1, -0.05) is 34.0 Å². The third-order valence-electron chi connectivity index (χ3n) is 2.49. The Labute approximate surface area is 126 Å². The van der Waals surface area contributed by atoms with Crippen molar-refractivity contribution in [2.45, 2.75) is 6.04 Å². The van der Waals surface area contributed by atoms with Gasteiger partial charge in [-0.25, -0.2) is 4.79 Å². The first-order valence-electron chi connectivity index (χ1n) is 5.85. The molecule has 5 nitrogen and oxygen atoms in total. The number of carbonyl (C=O) groups excluding carboxylic acids is 2. The third kappa shape index (κ3) is 5.03. The maximum Gasteiger partial charge on any atom is 0.327 e. The van der Waals surface area contributed by atoms with Crippen molar-refractivity contribution in [3.63, 3.8) is 0 Å². The van der Waals surface area contributed by atoms with Crippen LogP contribution in [0.15, 0.2) is 28.7 Å². The van der Waals surface area contributed by atoms with E-state index in [0.29, 0.717) is 5.56 Å². The van der Waals surface area contributed by atoms with E-state index >= 15 is 0 Å². The molecule has 20 heavy (non-hydrogen) atoms. The first-order valence-corrected chi connectivity index (χ1v) is 6.64. The highest BCUT2D eigenvalue weighted by molar-refractivity contribution is 9.10. The molecule has 0 aliphatic heterocycles. The lowest BCUT2D eigenvalue weighted by molar-refractivity contribution is -0.143. The van der Waals surface area contributed by atoms with Gasteiger partial charge in [0, 0.05) is 4.47 Å². The Kier molecular flexibility index (Phi) is 6.77. The highest BCUT2D eigenvalue weighted by Crippen LogP contribution is 2.17. The third-order valence-corrected chi connectivity index (χ3v) is 3.02. The second kappa shape index (κ2) is 8.35. The molecule has 1 atom stereocenters. The molecule has 0 bridgehead atoms. The van der Waals surface area contributed by atoms with Crippen LogP contribution in [0, 0.1) is 12.3 Å². The quantitative estimate of drug-likeness (QED) is 0.600. The molecule has 1 aromatic carbocycles. The minimum atomic E-state index is -0.704. The van der Waals surface area contributed by atoms with E-state index in [1.165, 1.54) is 7.11 Å². The molecule has 0 radical (unpaired) electrons. The van der Waals surface area contributed by atoms with Crippen LogP contribution in [0.1, 0.15) is 11.6 Å². The van der Waals surface area contributed by atoms with Crippen LogP contribution in [0.4, 0.5) is 0 Å². The summed E-state index contributed by atoms with van der Waals surface area (Å²) >= 11 is 3.32. The molecular formula is C14H15BrN2O3. The molecule has 0 aliphatic rings. The van der Waals surface area contributed by atoms with Crippen LogP contribution in [0.3, 0.4) is 0 Å². The summed E-state index contributed by atoms with van der Waals surface area (Å²) in [5.41, 5.74) is 0.713. The number of hydrogen-bond acceptors (Lipinski definition) is 4. The summed E-state index contributed by atoms with van der Waals surface area (Å²) in [4.78, 5) is 23.2. The average molecular weight is 339 g/mol. The van der Waals surface area contributed by atoms with Crippen LogP contribution in [0.5, 0.6) is 0 Å². The van der Waals surface area contributed by atoms with Gasteiger partial charge in [-0.3, -0.25) is 10.1 Å². The number of rotatable bonds is 6. The molecule has 0 aromatic heterocycles. The number of nitrogens with one attached hydrogen (secondary N) is 2. The van der Waals surface area contributed by atoms with Crippen LogP contribution >= 0.6 is 15.9 Å². The van der Waals surface area contributed by atoms with Crippen molar-refractivity contribution in [3.05, 3.63) is 34.3 Å². The van der Waals surface area contributed by atoms with Gasteiger partial charge in [-0.05, 0) is 17.7 Å². The number of carbonyl (C=O) groups is 2. The largest absolute Gasteiger partial charge is 0.468 e. The number of benzene rings is 1. The Balaban J connectivity index is 2.71. The van der Waals surface area contributed by atoms with Gasteiger partial charge in [0.05, 0.1) is 20.2 Å². The highest BCUT2D eigenvalue weighted by Gasteiger charge is 2.21. The highest BCUT2D eigenvalue weighted by atomic mass is 79.9. The molecule has 1 rings (SSSR count). The predicted molar refractivity (Wildman–Crippen MR) is 78.7 cm³/mol. The average Bonchev–Trinajstić information content (AvgIpc) is 2.46. The second-order valence-electron chi connectivity index (χ2n) is 3.87. The Morgan fingerprint density at radius 2 is 2.05 bits per heavy atom. The van der Waals surface area contributed by atoms with Gasteiger partial charge in [0.1, 0.15) is 6.04 Å². The smallest absolute Gasteiger partial charge is 0.327 e. The first kappa shape index (κ1) is 16.2. The number of halogens is 1. The summed E-state index contributed by atoms with van der Waals surface area (Å²) in [6.07, 6.45) is 5.04. The van der Waals surface area contributed by atoms with Gasteiger partial charge in [0.2, 0.25) is 5.91 Å². The van der Waals surface area contributed by atoms with Crippen LogP contribution < -0.4 is 10.6 Å². The van der Waals surface area contributed by atoms with Gasteiger partial charge >= 0.3 is 5.97 Å². The Hall–Kier alpha value is -1.84. The molecule has 1 aromatic rings. The van der Waals surface area contributed by atoms with Gasteiger partial charge in [-0.2, -0.15) is 0 Å². The van der Waals surface area contributed by atoms with Crippen molar-refractivity contribution in [2.24, 2.45) is 0 Å². The zero-order valence-corrected chi connectivity index (χ0v) is 12.6. The van der Waals surface area contributed by atoms with Crippen molar-refractivity contribution < 1.29 is 14.3 Å². The summed E-state index contributed by atoms with van der Waals surface area (Å²) in [6.45, 7) is 0.124. The molecule has 0 saturated heterocycles. The molecule has 0 aliphatic carbocycles. The van der Waals surface area contributed by atoms with Crippen molar-refractivity contribution in [1.82, 2.24) is 10.6 Å². The fourth-order valence-electron chi connectivity index (χ4n) is 1.52. The fourth-order valence-corrected chi connectivity index (χ4v) is 1.78. The summed E-state index contributed by atoms with van der Waals surface area (Å²) in [6, 6.07) is 6.47. The number of hydrogen-bond donors (Lipinski definition) is 2. The summed E-state index contributed by atoms with van der Waals surface area (Å²) < 4.78 is 5.63. The van der Waals surface area contributed by atoms with E-state index in [9.17, 15) is 9.59 Å². The van der Waals surface area contributed by atoms with Crippen molar-refractivity contribution in [3.8, 4) is 12.3 Å². The molecule has 0 saturated carbocycles. The molecule has 1 amide bonds. The minimum Gasteiger partial charge on any atom is -0.468 e. The van der Waals surface area contributed by atoms with E-state index in [2.05, 4.69) is 32.5 Å². The van der Waals surface area contributed by atoms with Crippen molar-refractivity contribution >= 4 is 27.8 Å². The van der Waals surface area contributed by atoms with Gasteiger partial charge < -0.3 is 10.1 Å². The molecule has 0 unspecified atom stereocenters. The van der Waals surface area contributed by atoms with Crippen LogP contribution in [-0.2, 0) is 14.3 Å². The number of amides is 1. The number of methoxy groups -OCH3 is 1. The summed E-state index contributed by atoms with van der Waals surface area (Å²) in [7, 11) is 1.30. The van der Waals surface area contributed by atoms with Crippen LogP contribution in [-0.4, -0.2) is 32.1 Å². The zero-order chi connectivity index (χ0) is 15.0. The monoisotopic (exact) mass is 338 g/mol. The van der Waals surface area contributed by atoms with E-state index in [-0.39, 0.29) is 19.0 Å². The van der Waals surface area contributed by atoms with E-state index < -0.39 is 12.0 Å². The maximum atomic E-state index is 11.8. The van der Waals surface area contributed by atoms with E-state index in [4.69, 9.17) is 11.2 Å². The molecule has 2 N–H and O–H groups in total. The normalized spacial score (nSPS) is 11.2. The van der Waals surface area contributed by atoms with E-state index in [0.717, 1.165) is 4.47 Å². The SMILES string of the molecule is C#CCNC(=O)CN[C@@H](C(=O)OC)c1ccc(Br)cc1. The first-order chi connectivity index (χ1) is 9.58. The van der Waals surface area contributed by atoms with Gasteiger partial charge in [0.25, 0.3) is 0 Å². The van der Waals surface area contributed by atoms with E-state index in [1.807, 2.05) is 12.1 Å². The van der Waals surface area contributed by atoms with Gasteiger partial charge in [-0.15, -0.1) is 6.42 Å². The number of terminal acetylenes is 1. The standard InChI is InChI=1S/C14H15BrN2O3/c1-3-8-16-12(18)9-17-13(14(19)20-2)10-4-6-11(15)7-5-10/h1,4-7,13,17H,8-9H2,2H3,(H,16,18)/t13-/m1/s1. The lowest BCUT2D eigenvalue weighted by Gasteiger charge is -2.16. The van der Waals surface area contributed by atoms with Crippen molar-refractivity contribution in [1.29, 1.82) is 0 Å². The van der Waals surface area contributed by atoms with E-state index in [1.54, 1.807) is 12.1 Å². The summed E-state index contributed by atoms with van der Waals surface area (Å²) in [5.74, 6) is 1.56. The molecule has 106 valence electrons. The fraction of sp³-hybridized carbons (Fsp3) is 0.286. The zero-order valence-electron chi connectivity index (χ0n) is 11.0. The molecule has 0 spiro atoms. The molecule has 0 heterocycles. The minimum absolute atomic E-state index is 0.0302. The van der Waals surface area contributed by atoms with Crippen LogP contribution in [0.25, 0.3) is 0 Å².